The predicted octanol–water partition coefficient (Wildman–Crippen LogP) is 4.32. The van der Waals surface area contributed by atoms with Crippen molar-refractivity contribution in [3.8, 4) is 17.2 Å². The van der Waals surface area contributed by atoms with Gasteiger partial charge in [0.2, 0.25) is 0 Å². The molecule has 1 fully saturated rings. The molecule has 2 aromatic carbocycles. The lowest BCUT2D eigenvalue weighted by Crippen LogP contribution is -2.29. The van der Waals surface area contributed by atoms with E-state index in [0.717, 1.165) is 0 Å². The predicted molar refractivity (Wildman–Crippen MR) is 124 cm³/mol. The van der Waals surface area contributed by atoms with Gasteiger partial charge in [0.15, 0.2) is 11.5 Å². The van der Waals surface area contributed by atoms with Gasteiger partial charge >= 0.3 is 0 Å². The zero-order valence-electron chi connectivity index (χ0n) is 19.1. The van der Waals surface area contributed by atoms with Gasteiger partial charge in [-0.25, -0.2) is 0 Å². The summed E-state index contributed by atoms with van der Waals surface area (Å²) in [6.07, 6.45) is 1.50. The van der Waals surface area contributed by atoms with E-state index in [1.54, 1.807) is 54.6 Å². The van der Waals surface area contributed by atoms with Crippen LogP contribution in [0.5, 0.6) is 17.2 Å². The fourth-order valence-electron chi connectivity index (χ4n) is 4.01. The number of hydrogen-bond donors (Lipinski definition) is 1. The smallest absolute Gasteiger partial charge is 0.296 e. The van der Waals surface area contributed by atoms with Crippen molar-refractivity contribution in [2.45, 2.75) is 19.5 Å². The Morgan fingerprint density at radius 3 is 2.38 bits per heavy atom. The van der Waals surface area contributed by atoms with Gasteiger partial charge in [-0.3, -0.25) is 9.59 Å². The summed E-state index contributed by atoms with van der Waals surface area (Å²) in [5.74, 6) is 0.289. The van der Waals surface area contributed by atoms with Crippen LogP contribution in [0.4, 0.5) is 0 Å². The normalized spacial score (nSPS) is 17.1. The van der Waals surface area contributed by atoms with E-state index in [9.17, 15) is 14.7 Å². The molecule has 0 unspecified atom stereocenters. The average molecular weight is 463 g/mol. The van der Waals surface area contributed by atoms with E-state index in [2.05, 4.69) is 0 Å². The maximum absolute atomic E-state index is 13.2. The van der Waals surface area contributed by atoms with Gasteiger partial charge in [-0.15, -0.1) is 0 Å². The zero-order valence-corrected chi connectivity index (χ0v) is 19.1. The number of Topliss-reactive ketones (excluding diaryl/α,β-unsaturated/α-hetero) is 1. The monoisotopic (exact) mass is 463 g/mol. The second-order valence-electron chi connectivity index (χ2n) is 7.58. The van der Waals surface area contributed by atoms with Crippen molar-refractivity contribution in [3.05, 3.63) is 83.3 Å². The third-order valence-corrected chi connectivity index (χ3v) is 5.61. The minimum Gasteiger partial charge on any atom is -0.507 e. The molecule has 34 heavy (non-hydrogen) atoms. The Labute approximate surface area is 197 Å². The summed E-state index contributed by atoms with van der Waals surface area (Å²) in [6, 6.07) is 14.4. The number of carbonyl (C=O) groups is 2. The highest BCUT2D eigenvalue weighted by Gasteiger charge is 2.46. The molecule has 3 aromatic rings. The summed E-state index contributed by atoms with van der Waals surface area (Å²) in [6.45, 7) is 2.43. The van der Waals surface area contributed by atoms with Crippen LogP contribution < -0.4 is 14.2 Å². The first-order valence-electron chi connectivity index (χ1n) is 10.7. The van der Waals surface area contributed by atoms with E-state index in [1.807, 2.05) is 6.92 Å². The van der Waals surface area contributed by atoms with Crippen LogP contribution in [0.3, 0.4) is 0 Å². The molecule has 1 aliphatic rings. The molecule has 1 saturated heterocycles. The van der Waals surface area contributed by atoms with Gasteiger partial charge in [0.05, 0.1) is 45.2 Å². The van der Waals surface area contributed by atoms with E-state index in [4.69, 9.17) is 18.6 Å². The summed E-state index contributed by atoms with van der Waals surface area (Å²) in [5, 5.41) is 11.2. The maximum Gasteiger partial charge on any atom is 0.296 e. The standard InChI is InChI=1S/C26H25NO7/c1-4-33-18-10-7-16(8-11-18)24(28)22-23(17-9-12-20(31-2)21(14-17)32-3)27(26(30)25(22)29)15-19-6-5-13-34-19/h5-14,23,28H,4,15H2,1-3H3/t23-/m1/s1. The number of aliphatic hydroxyl groups excluding tert-OH is 1. The lowest BCUT2D eigenvalue weighted by Gasteiger charge is -2.25. The number of ketones is 1. The fourth-order valence-corrected chi connectivity index (χ4v) is 4.01. The van der Waals surface area contributed by atoms with Crippen LogP contribution >= 0.6 is 0 Å². The first-order chi connectivity index (χ1) is 16.5. The number of ether oxygens (including phenoxy) is 3. The molecule has 1 aromatic heterocycles. The SMILES string of the molecule is CCOc1ccc(C(O)=C2C(=O)C(=O)N(Cc3ccco3)[C@@H]2c2ccc(OC)c(OC)c2)cc1. The number of benzene rings is 2. The molecular formula is C26H25NO7. The highest BCUT2D eigenvalue weighted by molar-refractivity contribution is 6.46. The number of carbonyl (C=O) groups excluding carboxylic acids is 2. The van der Waals surface area contributed by atoms with Crippen LogP contribution in [0.15, 0.2) is 70.9 Å². The number of furan rings is 1. The van der Waals surface area contributed by atoms with Crippen molar-refractivity contribution in [1.82, 2.24) is 4.90 Å². The largest absolute Gasteiger partial charge is 0.507 e. The van der Waals surface area contributed by atoms with Crippen LogP contribution in [-0.2, 0) is 16.1 Å². The van der Waals surface area contributed by atoms with E-state index in [0.29, 0.717) is 40.7 Å². The van der Waals surface area contributed by atoms with Gasteiger partial charge < -0.3 is 28.6 Å². The van der Waals surface area contributed by atoms with Crippen LogP contribution in [0, 0.1) is 0 Å². The van der Waals surface area contributed by atoms with Crippen LogP contribution in [0.25, 0.3) is 5.76 Å². The molecule has 0 aliphatic carbocycles. The average Bonchev–Trinajstić information content (AvgIpc) is 3.46. The first-order valence-corrected chi connectivity index (χ1v) is 10.7. The molecule has 0 saturated carbocycles. The Bertz CT molecular complexity index is 1210. The molecule has 1 amide bonds. The Morgan fingerprint density at radius 2 is 1.76 bits per heavy atom. The van der Waals surface area contributed by atoms with Gasteiger partial charge in [0.25, 0.3) is 11.7 Å². The van der Waals surface area contributed by atoms with Crippen molar-refractivity contribution in [1.29, 1.82) is 0 Å². The Hall–Kier alpha value is -4.20. The van der Waals surface area contributed by atoms with Crippen molar-refractivity contribution >= 4 is 17.4 Å². The van der Waals surface area contributed by atoms with E-state index >= 15 is 0 Å². The molecular weight excluding hydrogens is 438 g/mol. The number of likely N-dealkylation sites (tertiary alicyclic amines) is 1. The quantitative estimate of drug-likeness (QED) is 0.302. The van der Waals surface area contributed by atoms with Crippen molar-refractivity contribution in [3.63, 3.8) is 0 Å². The Balaban J connectivity index is 1.85. The number of amides is 1. The molecule has 1 N–H and O–H groups in total. The van der Waals surface area contributed by atoms with Gasteiger partial charge in [0.1, 0.15) is 17.3 Å². The molecule has 8 heteroatoms. The fraction of sp³-hybridized carbons (Fsp3) is 0.231. The summed E-state index contributed by atoms with van der Waals surface area (Å²) in [5.41, 5.74) is 0.953. The van der Waals surface area contributed by atoms with Crippen molar-refractivity contribution < 1.29 is 33.3 Å². The summed E-state index contributed by atoms with van der Waals surface area (Å²) >= 11 is 0. The van der Waals surface area contributed by atoms with Crippen LogP contribution in [0.2, 0.25) is 0 Å². The molecule has 8 nitrogen and oxygen atoms in total. The zero-order chi connectivity index (χ0) is 24.2. The lowest BCUT2D eigenvalue weighted by molar-refractivity contribution is -0.140. The molecule has 1 aliphatic heterocycles. The van der Waals surface area contributed by atoms with Gasteiger partial charge in [-0.1, -0.05) is 6.07 Å². The van der Waals surface area contributed by atoms with Gasteiger partial charge in [-0.2, -0.15) is 0 Å². The summed E-state index contributed by atoms with van der Waals surface area (Å²) < 4.78 is 21.6. The number of hydrogen-bond acceptors (Lipinski definition) is 7. The lowest BCUT2D eigenvalue weighted by atomic mass is 9.95. The Kier molecular flexibility index (Phi) is 6.58. The molecule has 2 heterocycles. The third kappa shape index (κ3) is 4.22. The van der Waals surface area contributed by atoms with Crippen molar-refractivity contribution in [2.75, 3.05) is 20.8 Å². The van der Waals surface area contributed by atoms with Crippen LogP contribution in [-0.4, -0.2) is 42.5 Å². The number of rotatable bonds is 8. The maximum atomic E-state index is 13.2. The van der Waals surface area contributed by atoms with E-state index < -0.39 is 17.7 Å². The molecule has 0 bridgehead atoms. The van der Waals surface area contributed by atoms with Gasteiger partial charge in [-0.05, 0) is 61.0 Å². The minimum absolute atomic E-state index is 0.0204. The topological polar surface area (TPSA) is 98.4 Å². The highest BCUT2D eigenvalue weighted by atomic mass is 16.5. The number of nitrogens with zero attached hydrogens (tertiary/aromatic N) is 1. The number of methoxy groups -OCH3 is 2. The molecule has 0 radical (unpaired) electrons. The van der Waals surface area contributed by atoms with Crippen LogP contribution in [0.1, 0.15) is 29.9 Å². The number of aliphatic hydroxyl groups is 1. The molecule has 1 atom stereocenters. The van der Waals surface area contributed by atoms with E-state index in [-0.39, 0.29) is 17.9 Å². The second kappa shape index (κ2) is 9.74. The molecule has 176 valence electrons. The summed E-state index contributed by atoms with van der Waals surface area (Å²) in [4.78, 5) is 27.6. The molecule has 4 rings (SSSR count). The minimum atomic E-state index is -0.864. The third-order valence-electron chi connectivity index (χ3n) is 5.61. The van der Waals surface area contributed by atoms with Gasteiger partial charge in [0, 0.05) is 5.56 Å². The first kappa shape index (κ1) is 23.0. The van der Waals surface area contributed by atoms with Crippen molar-refractivity contribution in [2.24, 2.45) is 0 Å². The van der Waals surface area contributed by atoms with E-state index in [1.165, 1.54) is 25.4 Å². The Morgan fingerprint density at radius 1 is 1.03 bits per heavy atom. The highest BCUT2D eigenvalue weighted by Crippen LogP contribution is 2.42. The second-order valence-corrected chi connectivity index (χ2v) is 7.58. The summed E-state index contributed by atoms with van der Waals surface area (Å²) in [7, 11) is 3.02. The molecule has 0 spiro atoms.